The van der Waals surface area contributed by atoms with Crippen molar-refractivity contribution in [2.75, 3.05) is 36.4 Å². The SMILES string of the molecule is CC(=O)N1CCN(c2cccc(NC(=O)Cn3c(C)cc(C)nc3=O)c2)CC1. The van der Waals surface area contributed by atoms with Gasteiger partial charge in [-0.25, -0.2) is 4.79 Å². The van der Waals surface area contributed by atoms with Crippen molar-refractivity contribution < 1.29 is 9.59 Å². The van der Waals surface area contributed by atoms with Crippen molar-refractivity contribution in [1.82, 2.24) is 14.5 Å². The van der Waals surface area contributed by atoms with Crippen LogP contribution in [0.15, 0.2) is 35.1 Å². The molecular formula is C20H25N5O3. The molecule has 8 nitrogen and oxygen atoms in total. The predicted molar refractivity (Wildman–Crippen MR) is 108 cm³/mol. The van der Waals surface area contributed by atoms with E-state index >= 15 is 0 Å². The van der Waals surface area contributed by atoms with Crippen LogP contribution in [0.5, 0.6) is 0 Å². The molecule has 0 atom stereocenters. The van der Waals surface area contributed by atoms with Gasteiger partial charge in [-0.2, -0.15) is 4.98 Å². The Balaban J connectivity index is 1.66. The number of piperazine rings is 1. The minimum Gasteiger partial charge on any atom is -0.368 e. The number of hydrogen-bond acceptors (Lipinski definition) is 5. The summed E-state index contributed by atoms with van der Waals surface area (Å²) in [6, 6.07) is 9.36. The highest BCUT2D eigenvalue weighted by molar-refractivity contribution is 5.91. The first-order valence-corrected chi connectivity index (χ1v) is 9.29. The van der Waals surface area contributed by atoms with Crippen LogP contribution in [-0.2, 0) is 16.1 Å². The van der Waals surface area contributed by atoms with Crippen LogP contribution in [0, 0.1) is 13.8 Å². The number of aromatic nitrogens is 2. The van der Waals surface area contributed by atoms with Gasteiger partial charge in [0.1, 0.15) is 6.54 Å². The molecule has 3 rings (SSSR count). The highest BCUT2D eigenvalue weighted by Gasteiger charge is 2.19. The first-order chi connectivity index (χ1) is 13.3. The van der Waals surface area contributed by atoms with Crippen LogP contribution in [0.4, 0.5) is 11.4 Å². The Morgan fingerprint density at radius 1 is 1.11 bits per heavy atom. The summed E-state index contributed by atoms with van der Waals surface area (Å²) in [6.07, 6.45) is 0. The lowest BCUT2D eigenvalue weighted by Crippen LogP contribution is -2.48. The Hall–Kier alpha value is -3.16. The molecule has 1 aliphatic heterocycles. The zero-order valence-electron chi connectivity index (χ0n) is 16.4. The van der Waals surface area contributed by atoms with E-state index in [2.05, 4.69) is 15.2 Å². The maximum atomic E-state index is 12.4. The number of rotatable bonds is 4. The molecule has 1 aromatic carbocycles. The highest BCUT2D eigenvalue weighted by Crippen LogP contribution is 2.21. The smallest absolute Gasteiger partial charge is 0.348 e. The van der Waals surface area contributed by atoms with Crippen molar-refractivity contribution in [2.45, 2.75) is 27.3 Å². The monoisotopic (exact) mass is 383 g/mol. The summed E-state index contributed by atoms with van der Waals surface area (Å²) in [5, 5.41) is 2.85. The third kappa shape index (κ3) is 4.57. The lowest BCUT2D eigenvalue weighted by molar-refractivity contribution is -0.129. The molecule has 148 valence electrons. The van der Waals surface area contributed by atoms with Crippen molar-refractivity contribution in [3.8, 4) is 0 Å². The van der Waals surface area contributed by atoms with Gasteiger partial charge in [0.15, 0.2) is 0 Å². The first-order valence-electron chi connectivity index (χ1n) is 9.29. The van der Waals surface area contributed by atoms with Gasteiger partial charge in [0, 0.05) is 55.9 Å². The molecule has 0 bridgehead atoms. The number of nitrogens with zero attached hydrogens (tertiary/aromatic N) is 4. The number of anilines is 2. The number of hydrogen-bond donors (Lipinski definition) is 1. The van der Waals surface area contributed by atoms with Crippen LogP contribution >= 0.6 is 0 Å². The molecule has 1 aliphatic rings. The van der Waals surface area contributed by atoms with E-state index < -0.39 is 5.69 Å². The third-order valence-corrected chi connectivity index (χ3v) is 4.87. The van der Waals surface area contributed by atoms with E-state index in [9.17, 15) is 14.4 Å². The molecule has 2 aromatic rings. The molecule has 1 N–H and O–H groups in total. The summed E-state index contributed by atoms with van der Waals surface area (Å²) in [5.74, 6) is -0.189. The summed E-state index contributed by atoms with van der Waals surface area (Å²) in [6.45, 7) is 7.91. The number of amides is 2. The summed E-state index contributed by atoms with van der Waals surface area (Å²) in [4.78, 5) is 43.8. The van der Waals surface area contributed by atoms with Gasteiger partial charge in [-0.1, -0.05) is 6.07 Å². The summed E-state index contributed by atoms with van der Waals surface area (Å²) < 4.78 is 1.35. The second-order valence-electron chi connectivity index (χ2n) is 7.00. The van der Waals surface area contributed by atoms with Crippen LogP contribution < -0.4 is 15.9 Å². The van der Waals surface area contributed by atoms with Crippen LogP contribution in [-0.4, -0.2) is 52.4 Å². The summed E-state index contributed by atoms with van der Waals surface area (Å²) in [7, 11) is 0. The third-order valence-electron chi connectivity index (χ3n) is 4.87. The molecule has 1 fully saturated rings. The molecule has 2 heterocycles. The minimum atomic E-state index is -0.426. The highest BCUT2D eigenvalue weighted by atomic mass is 16.2. The fourth-order valence-corrected chi connectivity index (χ4v) is 3.37. The number of benzene rings is 1. The quantitative estimate of drug-likeness (QED) is 0.856. The molecule has 0 saturated carbocycles. The van der Waals surface area contributed by atoms with E-state index in [0.717, 1.165) is 18.8 Å². The molecular weight excluding hydrogens is 358 g/mol. The topological polar surface area (TPSA) is 87.5 Å². The Labute approximate surface area is 163 Å². The van der Waals surface area contributed by atoms with E-state index in [1.54, 1.807) is 26.8 Å². The van der Waals surface area contributed by atoms with Gasteiger partial charge in [-0.3, -0.25) is 14.2 Å². The summed E-state index contributed by atoms with van der Waals surface area (Å²) >= 11 is 0. The molecule has 0 unspecified atom stereocenters. The Morgan fingerprint density at radius 3 is 2.46 bits per heavy atom. The van der Waals surface area contributed by atoms with Crippen LogP contribution in [0.25, 0.3) is 0 Å². The molecule has 8 heteroatoms. The Morgan fingerprint density at radius 2 is 1.82 bits per heavy atom. The second kappa shape index (κ2) is 8.24. The average molecular weight is 383 g/mol. The zero-order valence-corrected chi connectivity index (χ0v) is 16.4. The van der Waals surface area contributed by atoms with E-state index in [1.807, 2.05) is 29.2 Å². The maximum absolute atomic E-state index is 12.4. The van der Waals surface area contributed by atoms with Gasteiger partial charge in [0.2, 0.25) is 11.8 Å². The largest absolute Gasteiger partial charge is 0.368 e. The Kier molecular flexibility index (Phi) is 5.77. The van der Waals surface area contributed by atoms with E-state index in [4.69, 9.17) is 0 Å². The maximum Gasteiger partial charge on any atom is 0.348 e. The first kappa shape index (κ1) is 19.6. The summed E-state index contributed by atoms with van der Waals surface area (Å²) in [5.41, 5.74) is 2.57. The van der Waals surface area contributed by atoms with E-state index in [-0.39, 0.29) is 18.4 Å². The van der Waals surface area contributed by atoms with Crippen molar-refractivity contribution in [3.63, 3.8) is 0 Å². The molecule has 0 radical (unpaired) electrons. The van der Waals surface area contributed by atoms with Crippen LogP contribution in [0.2, 0.25) is 0 Å². The molecule has 1 saturated heterocycles. The van der Waals surface area contributed by atoms with Crippen LogP contribution in [0.1, 0.15) is 18.3 Å². The molecule has 1 aromatic heterocycles. The number of nitrogens with one attached hydrogen (secondary N) is 1. The van der Waals surface area contributed by atoms with E-state index in [1.165, 1.54) is 4.57 Å². The van der Waals surface area contributed by atoms with E-state index in [0.29, 0.717) is 30.2 Å². The van der Waals surface area contributed by atoms with Crippen molar-refractivity contribution >= 4 is 23.2 Å². The van der Waals surface area contributed by atoms with Crippen molar-refractivity contribution in [2.24, 2.45) is 0 Å². The normalized spacial score (nSPS) is 14.1. The van der Waals surface area contributed by atoms with Crippen LogP contribution in [0.3, 0.4) is 0 Å². The fraction of sp³-hybridized carbons (Fsp3) is 0.400. The van der Waals surface area contributed by atoms with Crippen molar-refractivity contribution in [1.29, 1.82) is 0 Å². The number of carbonyl (C=O) groups excluding carboxylic acids is 2. The van der Waals surface area contributed by atoms with Gasteiger partial charge in [0.05, 0.1) is 0 Å². The van der Waals surface area contributed by atoms with Gasteiger partial charge in [-0.15, -0.1) is 0 Å². The molecule has 2 amide bonds. The number of carbonyl (C=O) groups is 2. The molecule has 0 spiro atoms. The minimum absolute atomic E-state index is 0.0839. The van der Waals surface area contributed by atoms with Gasteiger partial charge in [-0.05, 0) is 38.1 Å². The van der Waals surface area contributed by atoms with Gasteiger partial charge < -0.3 is 15.1 Å². The standard InChI is InChI=1S/C20H25N5O3/c1-14-11-15(2)25(20(28)21-14)13-19(27)22-17-5-4-6-18(12-17)24-9-7-23(8-10-24)16(3)26/h4-6,11-12H,7-10,13H2,1-3H3,(H,22,27). The predicted octanol–water partition coefficient (Wildman–Crippen LogP) is 1.17. The average Bonchev–Trinajstić information content (AvgIpc) is 2.65. The van der Waals surface area contributed by atoms with Gasteiger partial charge >= 0.3 is 5.69 Å². The Bertz CT molecular complexity index is 945. The lowest BCUT2D eigenvalue weighted by atomic mass is 10.2. The molecule has 0 aliphatic carbocycles. The fourth-order valence-electron chi connectivity index (χ4n) is 3.37. The number of aryl methyl sites for hydroxylation is 2. The zero-order chi connectivity index (χ0) is 20.3. The molecule has 28 heavy (non-hydrogen) atoms. The van der Waals surface area contributed by atoms with Gasteiger partial charge in [0.25, 0.3) is 0 Å². The van der Waals surface area contributed by atoms with Crippen molar-refractivity contribution in [3.05, 3.63) is 52.2 Å². The lowest BCUT2D eigenvalue weighted by Gasteiger charge is -2.35. The second-order valence-corrected chi connectivity index (χ2v) is 7.00.